The first-order valence-corrected chi connectivity index (χ1v) is 5.99. The van der Waals surface area contributed by atoms with Crippen LogP contribution in [0, 0.1) is 12.7 Å². The molecule has 2 aromatic rings. The minimum atomic E-state index is -0.971. The van der Waals surface area contributed by atoms with Crippen molar-refractivity contribution < 1.29 is 18.7 Å². The Balaban J connectivity index is 2.23. The number of aliphatic carboxylic acids is 1. The van der Waals surface area contributed by atoms with E-state index in [9.17, 15) is 9.18 Å². The number of benzene rings is 1. The Bertz CT molecular complexity index is 585. The van der Waals surface area contributed by atoms with Crippen molar-refractivity contribution in [2.24, 2.45) is 0 Å². The number of nitrogens with zero attached hydrogens (tertiary/aromatic N) is 2. The third-order valence-corrected chi connectivity index (χ3v) is 2.96. The number of rotatable bonds is 4. The third-order valence-electron chi connectivity index (χ3n) is 2.16. The molecule has 0 aliphatic heterocycles. The fourth-order valence-electron chi connectivity index (χ4n) is 1.33. The van der Waals surface area contributed by atoms with Crippen LogP contribution in [0.4, 0.5) is 4.39 Å². The predicted octanol–water partition coefficient (Wildman–Crippen LogP) is 2.36. The summed E-state index contributed by atoms with van der Waals surface area (Å²) in [6.45, 7) is 1.79. The molecule has 0 aliphatic carbocycles. The zero-order valence-electron chi connectivity index (χ0n) is 9.38. The summed E-state index contributed by atoms with van der Waals surface area (Å²) in [4.78, 5) is 10.4. The highest BCUT2D eigenvalue weighted by Gasteiger charge is 2.13. The van der Waals surface area contributed by atoms with Gasteiger partial charge in [-0.1, -0.05) is 17.8 Å². The zero-order chi connectivity index (χ0) is 13.1. The van der Waals surface area contributed by atoms with Crippen LogP contribution in [0.2, 0.25) is 0 Å². The van der Waals surface area contributed by atoms with Crippen LogP contribution >= 0.6 is 11.8 Å². The molecule has 1 heterocycles. The van der Waals surface area contributed by atoms with E-state index in [1.165, 1.54) is 12.1 Å². The summed E-state index contributed by atoms with van der Waals surface area (Å²) in [5, 5.41) is 16.1. The van der Waals surface area contributed by atoms with Crippen LogP contribution < -0.4 is 0 Å². The van der Waals surface area contributed by atoms with Gasteiger partial charge in [0.25, 0.3) is 5.22 Å². The van der Waals surface area contributed by atoms with Crippen molar-refractivity contribution >= 4 is 17.7 Å². The van der Waals surface area contributed by atoms with Gasteiger partial charge in [0.2, 0.25) is 5.89 Å². The van der Waals surface area contributed by atoms with Crippen molar-refractivity contribution in [2.75, 3.05) is 5.75 Å². The van der Waals surface area contributed by atoms with E-state index in [4.69, 9.17) is 9.52 Å². The first kappa shape index (κ1) is 12.6. The van der Waals surface area contributed by atoms with Gasteiger partial charge in [-0.3, -0.25) is 4.79 Å². The van der Waals surface area contributed by atoms with Crippen molar-refractivity contribution in [1.29, 1.82) is 0 Å². The lowest BCUT2D eigenvalue weighted by atomic mass is 10.1. The Morgan fingerprint density at radius 2 is 2.28 bits per heavy atom. The Labute approximate surface area is 106 Å². The molecule has 0 unspecified atom stereocenters. The summed E-state index contributed by atoms with van der Waals surface area (Å²) in [5.74, 6) is -1.35. The van der Waals surface area contributed by atoms with Crippen molar-refractivity contribution in [3.05, 3.63) is 29.6 Å². The van der Waals surface area contributed by atoms with E-state index < -0.39 is 11.8 Å². The molecule has 0 atom stereocenters. The molecule has 0 aliphatic rings. The molecule has 7 heteroatoms. The third kappa shape index (κ3) is 2.86. The molecule has 0 spiro atoms. The number of halogens is 1. The number of aromatic nitrogens is 2. The molecule has 1 aromatic carbocycles. The highest BCUT2D eigenvalue weighted by molar-refractivity contribution is 7.99. The van der Waals surface area contributed by atoms with Gasteiger partial charge in [-0.25, -0.2) is 4.39 Å². The lowest BCUT2D eigenvalue weighted by molar-refractivity contribution is -0.133. The fourth-order valence-corrected chi connectivity index (χ4v) is 1.81. The second-order valence-corrected chi connectivity index (χ2v) is 4.44. The average Bonchev–Trinajstić information content (AvgIpc) is 2.78. The zero-order valence-corrected chi connectivity index (χ0v) is 10.2. The molecule has 18 heavy (non-hydrogen) atoms. The van der Waals surface area contributed by atoms with Gasteiger partial charge in [0, 0.05) is 5.56 Å². The normalized spacial score (nSPS) is 10.6. The maximum Gasteiger partial charge on any atom is 0.314 e. The van der Waals surface area contributed by atoms with Gasteiger partial charge in [-0.2, -0.15) is 0 Å². The smallest absolute Gasteiger partial charge is 0.314 e. The molecule has 2 rings (SSSR count). The SMILES string of the molecule is Cc1ccc(F)cc1-c1nnc(SCC(=O)O)o1. The Morgan fingerprint density at radius 1 is 1.50 bits per heavy atom. The number of thioether (sulfide) groups is 1. The maximum atomic E-state index is 13.1. The Hall–Kier alpha value is -1.89. The van der Waals surface area contributed by atoms with Crippen LogP contribution in [0.3, 0.4) is 0 Å². The number of hydrogen-bond donors (Lipinski definition) is 1. The summed E-state index contributed by atoms with van der Waals surface area (Å²) < 4.78 is 18.4. The fraction of sp³-hybridized carbons (Fsp3) is 0.182. The maximum absolute atomic E-state index is 13.1. The minimum absolute atomic E-state index is 0.149. The minimum Gasteiger partial charge on any atom is -0.481 e. The average molecular weight is 268 g/mol. The number of carboxylic acids is 1. The van der Waals surface area contributed by atoms with Crippen molar-refractivity contribution in [3.8, 4) is 11.5 Å². The van der Waals surface area contributed by atoms with Gasteiger partial charge >= 0.3 is 5.97 Å². The Morgan fingerprint density at radius 3 is 3.00 bits per heavy atom. The lowest BCUT2D eigenvalue weighted by Gasteiger charge is -1.99. The van der Waals surface area contributed by atoms with Crippen molar-refractivity contribution in [3.63, 3.8) is 0 Å². The summed E-state index contributed by atoms with van der Waals surface area (Å²) >= 11 is 0.921. The molecule has 1 N–H and O–H groups in total. The molecule has 0 bridgehead atoms. The highest BCUT2D eigenvalue weighted by atomic mass is 32.2. The summed E-state index contributed by atoms with van der Waals surface area (Å²) in [6.07, 6.45) is 0. The van der Waals surface area contributed by atoms with E-state index in [2.05, 4.69) is 10.2 Å². The van der Waals surface area contributed by atoms with E-state index in [1.54, 1.807) is 13.0 Å². The van der Waals surface area contributed by atoms with E-state index in [1.807, 2.05) is 0 Å². The van der Waals surface area contributed by atoms with Crippen LogP contribution in [-0.2, 0) is 4.79 Å². The van der Waals surface area contributed by atoms with Gasteiger partial charge in [-0.15, -0.1) is 10.2 Å². The molecule has 5 nitrogen and oxygen atoms in total. The summed E-state index contributed by atoms with van der Waals surface area (Å²) in [5.41, 5.74) is 1.31. The van der Waals surface area contributed by atoms with Crippen LogP contribution in [0.15, 0.2) is 27.8 Å². The quantitative estimate of drug-likeness (QED) is 0.858. The second kappa shape index (κ2) is 5.18. The van der Waals surface area contributed by atoms with Gasteiger partial charge in [-0.05, 0) is 24.6 Å². The molecular weight excluding hydrogens is 259 g/mol. The van der Waals surface area contributed by atoms with Gasteiger partial charge < -0.3 is 9.52 Å². The number of aryl methyl sites for hydroxylation is 1. The number of carboxylic acid groups (broad SMARTS) is 1. The molecular formula is C11H9FN2O3S. The van der Waals surface area contributed by atoms with Crippen LogP contribution in [-0.4, -0.2) is 27.0 Å². The standard InChI is InChI=1S/C11H9FN2O3S/c1-6-2-3-7(12)4-8(6)10-13-14-11(17-10)18-5-9(15)16/h2-4H,5H2,1H3,(H,15,16). The molecule has 0 saturated heterocycles. The molecule has 94 valence electrons. The number of hydrogen-bond acceptors (Lipinski definition) is 5. The van der Waals surface area contributed by atoms with Crippen LogP contribution in [0.5, 0.6) is 0 Å². The van der Waals surface area contributed by atoms with Gasteiger partial charge in [0.1, 0.15) is 11.6 Å². The monoisotopic (exact) mass is 268 g/mol. The van der Waals surface area contributed by atoms with Crippen molar-refractivity contribution in [2.45, 2.75) is 12.1 Å². The highest BCUT2D eigenvalue weighted by Crippen LogP contribution is 2.26. The molecule has 0 saturated carbocycles. The first-order chi connectivity index (χ1) is 8.56. The van der Waals surface area contributed by atoms with E-state index in [-0.39, 0.29) is 16.9 Å². The van der Waals surface area contributed by atoms with E-state index in [0.29, 0.717) is 5.56 Å². The molecule has 0 radical (unpaired) electrons. The lowest BCUT2D eigenvalue weighted by Crippen LogP contribution is -1.97. The summed E-state index contributed by atoms with van der Waals surface area (Å²) in [6, 6.07) is 4.25. The molecule has 1 aromatic heterocycles. The molecule has 0 amide bonds. The Kier molecular flexibility index (Phi) is 3.61. The summed E-state index contributed by atoms with van der Waals surface area (Å²) in [7, 11) is 0. The van der Waals surface area contributed by atoms with E-state index in [0.717, 1.165) is 17.3 Å². The second-order valence-electron chi connectivity index (χ2n) is 3.51. The first-order valence-electron chi connectivity index (χ1n) is 5.01. The largest absolute Gasteiger partial charge is 0.481 e. The van der Waals surface area contributed by atoms with Gasteiger partial charge in [0.05, 0.1) is 0 Å². The predicted molar refractivity (Wildman–Crippen MR) is 62.8 cm³/mol. The van der Waals surface area contributed by atoms with E-state index >= 15 is 0 Å². The number of carbonyl (C=O) groups is 1. The van der Waals surface area contributed by atoms with Gasteiger partial charge in [0.15, 0.2) is 0 Å². The van der Waals surface area contributed by atoms with Crippen LogP contribution in [0.25, 0.3) is 11.5 Å². The van der Waals surface area contributed by atoms with Crippen LogP contribution in [0.1, 0.15) is 5.56 Å². The topological polar surface area (TPSA) is 76.2 Å². The molecule has 0 fully saturated rings. The van der Waals surface area contributed by atoms with Crippen molar-refractivity contribution in [1.82, 2.24) is 10.2 Å².